The van der Waals surface area contributed by atoms with Crippen LogP contribution in [-0.4, -0.2) is 37.6 Å². The smallest absolute Gasteiger partial charge is 0.113 e. The van der Waals surface area contributed by atoms with E-state index < -0.39 is 0 Å². The summed E-state index contributed by atoms with van der Waals surface area (Å²) in [5, 5.41) is 3.10. The maximum Gasteiger partial charge on any atom is 0.113 e. The highest BCUT2D eigenvalue weighted by atomic mass is 15.0. The van der Waals surface area contributed by atoms with E-state index in [0.29, 0.717) is 0 Å². The minimum Gasteiger partial charge on any atom is -0.316 e. The van der Waals surface area contributed by atoms with Crippen molar-refractivity contribution in [1.29, 1.82) is 0 Å². The summed E-state index contributed by atoms with van der Waals surface area (Å²) in [6.45, 7) is 1.61. The van der Waals surface area contributed by atoms with Crippen molar-refractivity contribution >= 4 is 0 Å². The summed E-state index contributed by atoms with van der Waals surface area (Å²) in [7, 11) is 5.93. The van der Waals surface area contributed by atoms with Crippen LogP contribution >= 0.6 is 0 Å². The van der Waals surface area contributed by atoms with Gasteiger partial charge in [-0.3, -0.25) is 4.90 Å². The number of rotatable bonds is 3. The van der Waals surface area contributed by atoms with Gasteiger partial charge in [-0.25, -0.2) is 4.98 Å². The zero-order valence-electron chi connectivity index (χ0n) is 9.54. The molecule has 1 rings (SSSR count). The molecular weight excluding hydrogens is 186 g/mol. The molecule has 15 heavy (non-hydrogen) atoms. The molecule has 3 heteroatoms. The van der Waals surface area contributed by atoms with E-state index in [-0.39, 0.29) is 0 Å². The third-order valence-corrected chi connectivity index (χ3v) is 1.82. The monoisotopic (exact) mass is 203 g/mol. The topological polar surface area (TPSA) is 28.2 Å². The van der Waals surface area contributed by atoms with Crippen molar-refractivity contribution in [3.8, 4) is 11.8 Å². The summed E-state index contributed by atoms with van der Waals surface area (Å²) < 4.78 is 0. The molecule has 1 heterocycles. The molecule has 0 radical (unpaired) electrons. The molecule has 1 aromatic heterocycles. The third-order valence-electron chi connectivity index (χ3n) is 1.82. The Labute approximate surface area is 91.5 Å². The van der Waals surface area contributed by atoms with Gasteiger partial charge in [0.05, 0.1) is 6.54 Å². The minimum atomic E-state index is 0.762. The van der Waals surface area contributed by atoms with Crippen LogP contribution in [0.25, 0.3) is 0 Å². The van der Waals surface area contributed by atoms with Gasteiger partial charge in [0.25, 0.3) is 0 Å². The van der Waals surface area contributed by atoms with Gasteiger partial charge in [0.15, 0.2) is 0 Å². The highest BCUT2D eigenvalue weighted by Gasteiger charge is 1.92. The number of nitrogens with zero attached hydrogens (tertiary/aromatic N) is 2. The van der Waals surface area contributed by atoms with Crippen LogP contribution in [0.15, 0.2) is 18.3 Å². The molecule has 0 aliphatic heterocycles. The summed E-state index contributed by atoms with van der Waals surface area (Å²) in [5.41, 5.74) is 2.05. The van der Waals surface area contributed by atoms with Gasteiger partial charge in [-0.05, 0) is 44.8 Å². The molecule has 1 aromatic rings. The number of pyridine rings is 1. The van der Waals surface area contributed by atoms with Gasteiger partial charge >= 0.3 is 0 Å². The Kier molecular flexibility index (Phi) is 4.82. The average molecular weight is 203 g/mol. The quantitative estimate of drug-likeness (QED) is 0.734. The van der Waals surface area contributed by atoms with Gasteiger partial charge in [0.2, 0.25) is 0 Å². The van der Waals surface area contributed by atoms with E-state index in [9.17, 15) is 0 Å². The van der Waals surface area contributed by atoms with Gasteiger partial charge in [-0.2, -0.15) is 0 Å². The molecule has 0 unspecified atom stereocenters. The zero-order valence-corrected chi connectivity index (χ0v) is 9.54. The van der Waals surface area contributed by atoms with Crippen molar-refractivity contribution in [2.45, 2.75) is 6.54 Å². The second-order valence-electron chi connectivity index (χ2n) is 3.62. The second kappa shape index (κ2) is 6.18. The molecule has 3 nitrogen and oxygen atoms in total. The summed E-state index contributed by atoms with van der Waals surface area (Å²) in [6.07, 6.45) is 1.80. The molecule has 0 amide bonds. The summed E-state index contributed by atoms with van der Waals surface area (Å²) >= 11 is 0. The van der Waals surface area contributed by atoms with Crippen molar-refractivity contribution in [2.75, 3.05) is 27.7 Å². The summed E-state index contributed by atoms with van der Waals surface area (Å²) in [5.74, 6) is 6.11. The fourth-order valence-electron chi connectivity index (χ4n) is 1.14. The number of hydrogen-bond acceptors (Lipinski definition) is 3. The van der Waals surface area contributed by atoms with E-state index in [1.807, 2.05) is 38.2 Å². The Morgan fingerprint density at radius 2 is 2.27 bits per heavy atom. The summed E-state index contributed by atoms with van der Waals surface area (Å²) in [6, 6.07) is 4.01. The number of hydrogen-bond donors (Lipinski definition) is 1. The third kappa shape index (κ3) is 4.59. The molecule has 0 atom stereocenters. The van der Waals surface area contributed by atoms with Crippen molar-refractivity contribution in [3.05, 3.63) is 29.6 Å². The normalized spacial score (nSPS) is 9.87. The molecular formula is C12H17N3. The van der Waals surface area contributed by atoms with Crippen LogP contribution < -0.4 is 5.32 Å². The van der Waals surface area contributed by atoms with Crippen LogP contribution in [0.1, 0.15) is 11.3 Å². The molecule has 0 spiro atoms. The van der Waals surface area contributed by atoms with Gasteiger partial charge in [0, 0.05) is 12.7 Å². The van der Waals surface area contributed by atoms with Gasteiger partial charge in [-0.1, -0.05) is 5.92 Å². The van der Waals surface area contributed by atoms with E-state index in [1.54, 1.807) is 6.20 Å². The molecule has 0 aliphatic carbocycles. The first-order valence-corrected chi connectivity index (χ1v) is 4.95. The first kappa shape index (κ1) is 11.7. The predicted molar refractivity (Wildman–Crippen MR) is 62.4 cm³/mol. The van der Waals surface area contributed by atoms with Crippen molar-refractivity contribution in [1.82, 2.24) is 15.2 Å². The molecule has 0 aromatic carbocycles. The van der Waals surface area contributed by atoms with E-state index in [1.165, 1.54) is 5.56 Å². The van der Waals surface area contributed by atoms with Crippen molar-refractivity contribution < 1.29 is 0 Å². The first-order valence-electron chi connectivity index (χ1n) is 4.95. The van der Waals surface area contributed by atoms with E-state index in [4.69, 9.17) is 0 Å². The summed E-state index contributed by atoms with van der Waals surface area (Å²) in [4.78, 5) is 6.23. The lowest BCUT2D eigenvalue weighted by molar-refractivity contribution is 0.464. The molecule has 0 bridgehead atoms. The standard InChI is InChI=1S/C12H17N3/c1-13-10-11-6-7-14-12(9-11)5-4-8-15(2)3/h6-7,9,13H,8,10H2,1-3H3. The largest absolute Gasteiger partial charge is 0.316 e. The Hall–Kier alpha value is -1.37. The molecule has 0 aliphatic rings. The molecule has 0 saturated heterocycles. The minimum absolute atomic E-state index is 0.762. The van der Waals surface area contributed by atoms with Crippen LogP contribution in [0.4, 0.5) is 0 Å². The lowest BCUT2D eigenvalue weighted by Crippen LogP contribution is -2.10. The fourth-order valence-corrected chi connectivity index (χ4v) is 1.14. The van der Waals surface area contributed by atoms with Gasteiger partial charge in [-0.15, -0.1) is 0 Å². The first-order chi connectivity index (χ1) is 7.22. The number of nitrogens with one attached hydrogen (secondary N) is 1. The van der Waals surface area contributed by atoms with Gasteiger partial charge < -0.3 is 5.32 Å². The highest BCUT2D eigenvalue weighted by molar-refractivity contribution is 5.30. The van der Waals surface area contributed by atoms with Crippen LogP contribution in [-0.2, 0) is 6.54 Å². The van der Waals surface area contributed by atoms with Crippen LogP contribution in [0.2, 0.25) is 0 Å². The highest BCUT2D eigenvalue weighted by Crippen LogP contribution is 1.99. The SMILES string of the molecule is CNCc1ccnc(C#CCN(C)C)c1. The van der Waals surface area contributed by atoms with E-state index >= 15 is 0 Å². The molecule has 0 fully saturated rings. The van der Waals surface area contributed by atoms with Crippen molar-refractivity contribution in [3.63, 3.8) is 0 Å². The molecule has 80 valence electrons. The maximum absolute atomic E-state index is 4.20. The molecule has 1 N–H and O–H groups in total. The zero-order chi connectivity index (χ0) is 11.1. The van der Waals surface area contributed by atoms with E-state index in [0.717, 1.165) is 18.8 Å². The van der Waals surface area contributed by atoms with Gasteiger partial charge in [0.1, 0.15) is 5.69 Å². The Balaban J connectivity index is 2.67. The average Bonchev–Trinajstić information content (AvgIpc) is 2.18. The van der Waals surface area contributed by atoms with E-state index in [2.05, 4.69) is 22.1 Å². The predicted octanol–water partition coefficient (Wildman–Crippen LogP) is 0.714. The van der Waals surface area contributed by atoms with Crippen molar-refractivity contribution in [2.24, 2.45) is 0 Å². The lowest BCUT2D eigenvalue weighted by atomic mass is 10.2. The van der Waals surface area contributed by atoms with Crippen LogP contribution in [0, 0.1) is 11.8 Å². The Bertz CT molecular complexity index is 361. The van der Waals surface area contributed by atoms with Crippen LogP contribution in [0.3, 0.4) is 0 Å². The fraction of sp³-hybridized carbons (Fsp3) is 0.417. The van der Waals surface area contributed by atoms with Crippen LogP contribution in [0.5, 0.6) is 0 Å². The maximum atomic E-state index is 4.20. The second-order valence-corrected chi connectivity index (χ2v) is 3.62. The number of aromatic nitrogens is 1. The Morgan fingerprint density at radius 1 is 1.47 bits per heavy atom. The lowest BCUT2D eigenvalue weighted by Gasteiger charge is -2.01. The molecule has 0 saturated carbocycles. The Morgan fingerprint density at radius 3 is 2.93 bits per heavy atom.